The maximum atomic E-state index is 2.33. The van der Waals surface area contributed by atoms with Gasteiger partial charge in [-0.15, -0.1) is 11.3 Å². The molecule has 0 atom stereocenters. The third-order valence-corrected chi connectivity index (χ3v) is 8.86. The molecule has 0 saturated carbocycles. The molecule has 0 N–H and O–H groups in total. The first-order chi connectivity index (χ1) is 13.9. The lowest BCUT2D eigenvalue weighted by molar-refractivity contribution is 1.74. The average molecular weight is 394 g/mol. The van der Waals surface area contributed by atoms with Gasteiger partial charge in [-0.1, -0.05) is 103 Å². The van der Waals surface area contributed by atoms with Gasteiger partial charge in [0.1, 0.15) is 0 Å². The smallest absolute Gasteiger partial charge is 0.0375 e. The third-order valence-electron chi connectivity index (χ3n) is 4.90. The van der Waals surface area contributed by atoms with Gasteiger partial charge in [-0.25, -0.2) is 0 Å². The van der Waals surface area contributed by atoms with E-state index in [-0.39, 0.29) is 0 Å². The molecule has 0 amide bonds. The maximum Gasteiger partial charge on any atom is 0.0375 e. The van der Waals surface area contributed by atoms with Crippen LogP contribution in [-0.4, -0.2) is 0 Å². The van der Waals surface area contributed by atoms with Crippen molar-refractivity contribution < 1.29 is 0 Å². The van der Waals surface area contributed by atoms with E-state index in [0.29, 0.717) is 0 Å². The molecule has 0 aliphatic carbocycles. The van der Waals surface area contributed by atoms with E-state index in [1.165, 1.54) is 36.4 Å². The van der Waals surface area contributed by atoms with Gasteiger partial charge in [0.2, 0.25) is 0 Å². The standard InChI is InChI=1S/C26H19PS/c1-3-12-21(13-4-1)27(22-14-5-2-6-15-22)26-19-18-25(28-26)24-17-9-11-20-10-7-8-16-23(20)24/h1-19H. The van der Waals surface area contributed by atoms with Gasteiger partial charge in [0.25, 0.3) is 0 Å². The Morgan fingerprint density at radius 1 is 0.500 bits per heavy atom. The van der Waals surface area contributed by atoms with Crippen LogP contribution in [0.5, 0.6) is 0 Å². The Morgan fingerprint density at radius 2 is 1.11 bits per heavy atom. The van der Waals surface area contributed by atoms with E-state index in [1.54, 1.807) is 0 Å². The number of rotatable bonds is 4. The van der Waals surface area contributed by atoms with Gasteiger partial charge in [-0.2, -0.15) is 0 Å². The molecule has 0 bridgehead atoms. The van der Waals surface area contributed by atoms with Crippen LogP contribution in [0.3, 0.4) is 0 Å². The first-order valence-electron chi connectivity index (χ1n) is 9.38. The molecule has 0 aliphatic rings. The zero-order valence-electron chi connectivity index (χ0n) is 15.3. The number of thiophene rings is 1. The highest BCUT2D eigenvalue weighted by Crippen LogP contribution is 2.39. The van der Waals surface area contributed by atoms with E-state index in [0.717, 1.165) is 0 Å². The van der Waals surface area contributed by atoms with Crippen molar-refractivity contribution in [1.82, 2.24) is 0 Å². The molecule has 0 saturated heterocycles. The molecule has 0 radical (unpaired) electrons. The summed E-state index contributed by atoms with van der Waals surface area (Å²) in [6.45, 7) is 0. The topological polar surface area (TPSA) is 0 Å². The highest BCUT2D eigenvalue weighted by molar-refractivity contribution is 7.84. The highest BCUT2D eigenvalue weighted by atomic mass is 32.1. The van der Waals surface area contributed by atoms with Crippen molar-refractivity contribution in [2.24, 2.45) is 0 Å². The number of fused-ring (bicyclic) bond motifs is 1. The highest BCUT2D eigenvalue weighted by Gasteiger charge is 2.19. The van der Waals surface area contributed by atoms with Crippen molar-refractivity contribution in [2.45, 2.75) is 0 Å². The Morgan fingerprint density at radius 3 is 1.82 bits per heavy atom. The van der Waals surface area contributed by atoms with Gasteiger partial charge < -0.3 is 0 Å². The van der Waals surface area contributed by atoms with Crippen LogP contribution in [0.1, 0.15) is 0 Å². The molecule has 0 aliphatic heterocycles. The SMILES string of the molecule is c1ccc(P(c2ccccc2)c2ccc(-c3cccc4ccccc34)s2)cc1. The molecule has 1 heterocycles. The fourth-order valence-corrected chi connectivity index (χ4v) is 7.64. The second-order valence-corrected chi connectivity index (χ2v) is 10.2. The first kappa shape index (κ1) is 17.4. The second-order valence-electron chi connectivity index (χ2n) is 6.67. The van der Waals surface area contributed by atoms with E-state index >= 15 is 0 Å². The van der Waals surface area contributed by atoms with Gasteiger partial charge in [0.15, 0.2) is 0 Å². The second kappa shape index (κ2) is 7.72. The van der Waals surface area contributed by atoms with E-state index in [4.69, 9.17) is 0 Å². The number of benzene rings is 4. The van der Waals surface area contributed by atoms with Gasteiger partial charge in [-0.05, 0) is 47.0 Å². The van der Waals surface area contributed by atoms with Crippen molar-refractivity contribution in [3.8, 4) is 10.4 Å². The molecule has 0 fully saturated rings. The quantitative estimate of drug-likeness (QED) is 0.313. The molecule has 0 spiro atoms. The van der Waals surface area contributed by atoms with Crippen molar-refractivity contribution in [2.75, 3.05) is 0 Å². The van der Waals surface area contributed by atoms with Crippen LogP contribution >= 0.6 is 19.3 Å². The van der Waals surface area contributed by atoms with E-state index in [9.17, 15) is 0 Å². The van der Waals surface area contributed by atoms with Gasteiger partial charge in [-0.3, -0.25) is 0 Å². The Balaban J connectivity index is 1.63. The third kappa shape index (κ3) is 3.29. The van der Waals surface area contributed by atoms with Crippen molar-refractivity contribution in [3.05, 3.63) is 115 Å². The summed E-state index contributed by atoms with van der Waals surface area (Å²) in [5.74, 6) is 0. The summed E-state index contributed by atoms with van der Waals surface area (Å²) in [7, 11) is -0.540. The Kier molecular flexibility index (Phi) is 4.79. The molecule has 2 heteroatoms. The van der Waals surface area contributed by atoms with Crippen molar-refractivity contribution in [3.63, 3.8) is 0 Å². The monoisotopic (exact) mass is 394 g/mol. The summed E-state index contributed by atoms with van der Waals surface area (Å²) in [5.41, 5.74) is 1.32. The summed E-state index contributed by atoms with van der Waals surface area (Å²) in [4.78, 5) is 1.34. The minimum atomic E-state index is -0.540. The van der Waals surface area contributed by atoms with Crippen LogP contribution < -0.4 is 15.2 Å². The molecule has 4 aromatic carbocycles. The summed E-state index contributed by atoms with van der Waals surface area (Å²) in [6.07, 6.45) is 0. The molecular formula is C26H19PS. The van der Waals surface area contributed by atoms with Crippen LogP contribution in [0.4, 0.5) is 0 Å². The van der Waals surface area contributed by atoms with Crippen LogP contribution in [0, 0.1) is 0 Å². The number of hydrogen-bond donors (Lipinski definition) is 0. The zero-order chi connectivity index (χ0) is 18.8. The summed E-state index contributed by atoms with van der Waals surface area (Å²) < 4.78 is 1.44. The molecular weight excluding hydrogens is 375 g/mol. The molecule has 5 aromatic rings. The normalized spacial score (nSPS) is 11.2. The fraction of sp³-hybridized carbons (Fsp3) is 0. The molecule has 5 rings (SSSR count). The number of hydrogen-bond acceptors (Lipinski definition) is 1. The van der Waals surface area contributed by atoms with Gasteiger partial charge >= 0.3 is 0 Å². The minimum Gasteiger partial charge on any atom is -0.135 e. The Hall–Kier alpha value is -2.73. The zero-order valence-corrected chi connectivity index (χ0v) is 17.0. The van der Waals surface area contributed by atoms with Crippen LogP contribution in [-0.2, 0) is 0 Å². The van der Waals surface area contributed by atoms with Crippen molar-refractivity contribution in [1.29, 1.82) is 0 Å². The molecule has 28 heavy (non-hydrogen) atoms. The van der Waals surface area contributed by atoms with Crippen molar-refractivity contribution >= 4 is 45.3 Å². The lowest BCUT2D eigenvalue weighted by Gasteiger charge is -2.17. The lowest BCUT2D eigenvalue weighted by atomic mass is 10.0. The molecule has 1 aromatic heterocycles. The van der Waals surface area contributed by atoms with E-state index < -0.39 is 7.92 Å². The van der Waals surface area contributed by atoms with E-state index in [2.05, 4.69) is 115 Å². The predicted molar refractivity (Wildman–Crippen MR) is 126 cm³/mol. The maximum absolute atomic E-state index is 2.33. The molecule has 0 nitrogen and oxygen atoms in total. The first-order valence-corrected chi connectivity index (χ1v) is 11.5. The van der Waals surface area contributed by atoms with Crippen LogP contribution in [0.2, 0.25) is 0 Å². The fourth-order valence-electron chi connectivity index (χ4n) is 3.59. The summed E-state index contributed by atoms with van der Waals surface area (Å²) >= 11 is 1.93. The average Bonchev–Trinajstić information content (AvgIpc) is 3.24. The van der Waals surface area contributed by atoms with Crippen LogP contribution in [0.25, 0.3) is 21.2 Å². The predicted octanol–water partition coefficient (Wildman–Crippen LogP) is 6.33. The van der Waals surface area contributed by atoms with Gasteiger partial charge in [0.05, 0.1) is 0 Å². The van der Waals surface area contributed by atoms with E-state index in [1.807, 2.05) is 11.3 Å². The van der Waals surface area contributed by atoms with Crippen LogP contribution in [0.15, 0.2) is 115 Å². The lowest BCUT2D eigenvalue weighted by Crippen LogP contribution is -2.18. The summed E-state index contributed by atoms with van der Waals surface area (Å²) in [6, 6.07) is 41.7. The Labute approximate surface area is 170 Å². The van der Waals surface area contributed by atoms with Gasteiger partial charge in [0, 0.05) is 9.50 Å². The summed E-state index contributed by atoms with van der Waals surface area (Å²) in [5, 5.41) is 5.41. The molecule has 134 valence electrons. The molecule has 0 unspecified atom stereocenters. The largest absolute Gasteiger partial charge is 0.135 e. The Bertz CT molecular complexity index is 1160. The minimum absolute atomic E-state index is 0.540.